The van der Waals surface area contributed by atoms with Gasteiger partial charge in [-0.05, 0) is 72.5 Å². The molecule has 1 aromatic carbocycles. The molecule has 0 unspecified atom stereocenters. The van der Waals surface area contributed by atoms with Crippen LogP contribution in [-0.2, 0) is 14.4 Å². The van der Waals surface area contributed by atoms with Crippen molar-refractivity contribution in [1.82, 2.24) is 20.5 Å². The minimum Gasteiger partial charge on any atom is -0.348 e. The summed E-state index contributed by atoms with van der Waals surface area (Å²) in [5, 5.41) is 6.06. The van der Waals surface area contributed by atoms with E-state index in [1.165, 1.54) is 0 Å². The molecule has 1 aliphatic rings. The van der Waals surface area contributed by atoms with Crippen molar-refractivity contribution in [3.63, 3.8) is 0 Å². The fourth-order valence-electron chi connectivity index (χ4n) is 4.92. The van der Waals surface area contributed by atoms with E-state index in [0.29, 0.717) is 23.9 Å². The van der Waals surface area contributed by atoms with Gasteiger partial charge in [0, 0.05) is 29.4 Å². The number of carbonyl (C=O) groups excluding carboxylic acids is 3. The zero-order chi connectivity index (χ0) is 31.0. The standard InChI is InChI=1S/C32H42BrN5O3S/c1-8-25(34-18-20(2)33)15-16-27(39)37-29(32(5,6)7)31(41)38-17-9-10-26(38)30(40)36-21(3)23-11-13-24(14-12-23)28-22(4)35-19-42-28/h8,11-14,18-19,21,26,29H,2,9-10,15-17H2,1,3-7H3,(H,36,40)(H,37,39)/b25-8-,34-18-/t21-,26-,29+/m0/s1. The van der Waals surface area contributed by atoms with E-state index < -0.39 is 17.5 Å². The van der Waals surface area contributed by atoms with Crippen molar-refractivity contribution >= 4 is 51.2 Å². The normalized spacial score (nSPS) is 17.3. The summed E-state index contributed by atoms with van der Waals surface area (Å²) in [5.74, 6) is -0.648. The van der Waals surface area contributed by atoms with E-state index >= 15 is 0 Å². The summed E-state index contributed by atoms with van der Waals surface area (Å²) in [7, 11) is 0. The molecular formula is C32H42BrN5O3S. The summed E-state index contributed by atoms with van der Waals surface area (Å²) >= 11 is 4.85. The number of carbonyl (C=O) groups is 3. The number of aromatic nitrogens is 1. The predicted molar refractivity (Wildman–Crippen MR) is 175 cm³/mol. The van der Waals surface area contributed by atoms with Crippen molar-refractivity contribution in [2.75, 3.05) is 6.54 Å². The lowest BCUT2D eigenvalue weighted by molar-refractivity contribution is -0.144. The van der Waals surface area contributed by atoms with Gasteiger partial charge in [-0.2, -0.15) is 0 Å². The third-order valence-corrected chi connectivity index (χ3v) is 8.53. The van der Waals surface area contributed by atoms with Gasteiger partial charge in [-0.1, -0.05) is 57.7 Å². The van der Waals surface area contributed by atoms with Crippen LogP contribution < -0.4 is 10.6 Å². The number of benzene rings is 1. The van der Waals surface area contributed by atoms with Crippen LogP contribution in [0, 0.1) is 12.3 Å². The molecule has 8 nitrogen and oxygen atoms in total. The highest BCUT2D eigenvalue weighted by Crippen LogP contribution is 2.29. The Labute approximate surface area is 261 Å². The lowest BCUT2D eigenvalue weighted by atomic mass is 9.85. The molecule has 2 heterocycles. The number of aliphatic imine (C=N–C) groups is 1. The number of amides is 3. The third-order valence-electron chi connectivity index (χ3n) is 7.35. The average molecular weight is 657 g/mol. The quantitative estimate of drug-likeness (QED) is 0.270. The summed E-state index contributed by atoms with van der Waals surface area (Å²) in [6, 6.07) is 6.55. The van der Waals surface area contributed by atoms with Crippen molar-refractivity contribution in [3.8, 4) is 10.4 Å². The third kappa shape index (κ3) is 8.94. The summed E-state index contributed by atoms with van der Waals surface area (Å²) < 4.78 is 0.642. The molecule has 0 aliphatic carbocycles. The predicted octanol–water partition coefficient (Wildman–Crippen LogP) is 6.48. The zero-order valence-corrected chi connectivity index (χ0v) is 27.8. The van der Waals surface area contributed by atoms with Gasteiger partial charge >= 0.3 is 0 Å². The number of nitrogens with zero attached hydrogens (tertiary/aromatic N) is 3. The number of hydrogen-bond donors (Lipinski definition) is 2. The highest BCUT2D eigenvalue weighted by Gasteiger charge is 2.42. The van der Waals surface area contributed by atoms with Gasteiger partial charge in [-0.15, -0.1) is 11.3 Å². The van der Waals surface area contributed by atoms with E-state index in [0.717, 1.165) is 33.8 Å². The van der Waals surface area contributed by atoms with Crippen LogP contribution in [0.3, 0.4) is 0 Å². The number of halogens is 1. The molecule has 42 heavy (non-hydrogen) atoms. The molecule has 1 aliphatic heterocycles. The average Bonchev–Trinajstić information content (AvgIpc) is 3.60. The minimum absolute atomic E-state index is 0.182. The maximum Gasteiger partial charge on any atom is 0.246 e. The van der Waals surface area contributed by atoms with Crippen molar-refractivity contribution in [2.24, 2.45) is 10.4 Å². The molecule has 0 bridgehead atoms. The Hall–Kier alpha value is -3.11. The van der Waals surface area contributed by atoms with E-state index in [9.17, 15) is 14.4 Å². The van der Waals surface area contributed by atoms with E-state index in [-0.39, 0.29) is 30.2 Å². The number of nitrogens with one attached hydrogen (secondary N) is 2. The molecule has 3 amide bonds. The molecule has 0 radical (unpaired) electrons. The largest absolute Gasteiger partial charge is 0.348 e. The van der Waals surface area contributed by atoms with E-state index in [4.69, 9.17) is 0 Å². The summed E-state index contributed by atoms with van der Waals surface area (Å²) in [6.07, 6.45) is 5.37. The maximum atomic E-state index is 13.8. The first kappa shape index (κ1) is 33.4. The first-order chi connectivity index (χ1) is 19.8. The van der Waals surface area contributed by atoms with E-state index in [2.05, 4.69) is 43.1 Å². The van der Waals surface area contributed by atoms with Crippen molar-refractivity contribution < 1.29 is 14.4 Å². The van der Waals surface area contributed by atoms with Gasteiger partial charge in [0.15, 0.2) is 0 Å². The second kappa shape index (κ2) is 14.9. The Morgan fingerprint density at radius 3 is 2.48 bits per heavy atom. The second-order valence-corrected chi connectivity index (χ2v) is 13.5. The lowest BCUT2D eigenvalue weighted by Crippen LogP contribution is -2.57. The number of thiazole rings is 1. The summed E-state index contributed by atoms with van der Waals surface area (Å²) in [5.41, 5.74) is 5.12. The Balaban J connectivity index is 1.65. The zero-order valence-electron chi connectivity index (χ0n) is 25.4. The van der Waals surface area contributed by atoms with Gasteiger partial charge < -0.3 is 15.5 Å². The van der Waals surface area contributed by atoms with Gasteiger partial charge in [0.05, 0.1) is 22.1 Å². The topological polar surface area (TPSA) is 104 Å². The number of hydrogen-bond acceptors (Lipinski definition) is 6. The van der Waals surface area contributed by atoms with E-state index in [1.807, 2.05) is 77.4 Å². The lowest BCUT2D eigenvalue weighted by Gasteiger charge is -2.35. The van der Waals surface area contributed by atoms with Crippen LogP contribution >= 0.6 is 27.3 Å². The SMILES string of the molecule is C=C(Br)/C=N\C(=C/C)CCC(=O)N[C@H](C(=O)N1CCC[C@H]1C(=O)N[C@@H](C)c1ccc(-c2scnc2C)cc1)C(C)(C)C. The smallest absolute Gasteiger partial charge is 0.246 e. The molecule has 1 fully saturated rings. The van der Waals surface area contributed by atoms with Gasteiger partial charge in [0.2, 0.25) is 17.7 Å². The second-order valence-electron chi connectivity index (χ2n) is 11.7. The van der Waals surface area contributed by atoms with Gasteiger partial charge in [-0.25, -0.2) is 4.98 Å². The van der Waals surface area contributed by atoms with Crippen molar-refractivity contribution in [3.05, 3.63) is 63.9 Å². The first-order valence-corrected chi connectivity index (χ1v) is 15.9. The highest BCUT2D eigenvalue weighted by molar-refractivity contribution is 9.12. The molecule has 2 N–H and O–H groups in total. The molecule has 3 atom stereocenters. The molecule has 226 valence electrons. The molecule has 0 saturated carbocycles. The van der Waals surface area contributed by atoms with Gasteiger partial charge in [-0.3, -0.25) is 19.4 Å². The Bertz CT molecular complexity index is 1340. The number of aryl methyl sites for hydroxylation is 1. The number of likely N-dealkylation sites (tertiary alicyclic amines) is 1. The van der Waals surface area contributed by atoms with Crippen LogP contribution in [0.2, 0.25) is 0 Å². The number of rotatable bonds is 11. The number of allylic oxidation sites excluding steroid dienone is 3. The Morgan fingerprint density at radius 1 is 1.21 bits per heavy atom. The molecule has 3 rings (SSSR count). The first-order valence-electron chi connectivity index (χ1n) is 14.3. The molecule has 10 heteroatoms. The van der Waals surface area contributed by atoms with Crippen LogP contribution in [-0.4, -0.2) is 52.4 Å². The fraction of sp³-hybridized carbons (Fsp3) is 0.469. The van der Waals surface area contributed by atoms with Gasteiger partial charge in [0.1, 0.15) is 12.1 Å². The van der Waals surface area contributed by atoms with Crippen LogP contribution in [0.4, 0.5) is 0 Å². The van der Waals surface area contributed by atoms with Crippen LogP contribution in [0.25, 0.3) is 10.4 Å². The molecule has 2 aromatic rings. The van der Waals surface area contributed by atoms with E-state index in [1.54, 1.807) is 22.5 Å². The maximum absolute atomic E-state index is 13.8. The fourth-order valence-corrected chi connectivity index (χ4v) is 5.84. The summed E-state index contributed by atoms with van der Waals surface area (Å²) in [6.45, 7) is 15.8. The Morgan fingerprint density at radius 2 is 1.90 bits per heavy atom. The van der Waals surface area contributed by atoms with Crippen molar-refractivity contribution in [2.45, 2.75) is 85.4 Å². The monoisotopic (exact) mass is 655 g/mol. The highest BCUT2D eigenvalue weighted by atomic mass is 79.9. The van der Waals surface area contributed by atoms with Gasteiger partial charge in [0.25, 0.3) is 0 Å². The van der Waals surface area contributed by atoms with Crippen LogP contribution in [0.1, 0.15) is 77.6 Å². The van der Waals surface area contributed by atoms with Crippen molar-refractivity contribution in [1.29, 1.82) is 0 Å². The Kier molecular flexibility index (Phi) is 11.8. The molecular weight excluding hydrogens is 614 g/mol. The molecule has 0 spiro atoms. The summed E-state index contributed by atoms with van der Waals surface area (Å²) in [4.78, 5) is 51.6. The van der Waals surface area contributed by atoms with Crippen LogP contribution in [0.15, 0.2) is 57.6 Å². The molecule has 1 saturated heterocycles. The minimum atomic E-state index is -0.765. The van der Waals surface area contributed by atoms with Crippen LogP contribution in [0.5, 0.6) is 0 Å². The molecule has 1 aromatic heterocycles.